The lowest BCUT2D eigenvalue weighted by Crippen LogP contribution is -2.24. The van der Waals surface area contributed by atoms with Crippen LogP contribution in [0.2, 0.25) is 0 Å². The Kier molecular flexibility index (Phi) is 10.2. The van der Waals surface area contributed by atoms with Crippen molar-refractivity contribution in [2.75, 3.05) is 7.11 Å². The Morgan fingerprint density at radius 1 is 0.800 bits per heavy atom. The van der Waals surface area contributed by atoms with Crippen LogP contribution in [0.4, 0.5) is 11.4 Å². The minimum Gasteiger partial charge on any atom is -0.493 e. The molecule has 4 aromatic carbocycles. The topological polar surface area (TPSA) is 208 Å². The van der Waals surface area contributed by atoms with Crippen molar-refractivity contribution >= 4 is 23.0 Å². The monoisotopic (exact) mass is 744 g/mol. The summed E-state index contributed by atoms with van der Waals surface area (Å²) in [6.45, 7) is 2.39. The second kappa shape index (κ2) is 15.6. The van der Waals surface area contributed by atoms with Crippen LogP contribution in [0.5, 0.6) is 23.1 Å². The van der Waals surface area contributed by atoms with Gasteiger partial charge in [-0.3, -0.25) is 25.0 Å². The number of carbonyl (C=O) groups is 1. The van der Waals surface area contributed by atoms with Gasteiger partial charge in [-0.15, -0.1) is 5.10 Å². The maximum absolute atomic E-state index is 12.7. The molecule has 1 aliphatic rings. The van der Waals surface area contributed by atoms with Crippen molar-refractivity contribution in [2.24, 2.45) is 5.10 Å². The summed E-state index contributed by atoms with van der Waals surface area (Å²) in [6.07, 6.45) is 3.82. The molecule has 0 saturated heterocycles. The number of rotatable bonds is 14. The zero-order valence-corrected chi connectivity index (χ0v) is 29.5. The van der Waals surface area contributed by atoms with Gasteiger partial charge in [0.1, 0.15) is 18.1 Å². The standard InChI is InChI=1S/C37H32N10O8/c1-24(48)45-34(28-9-16-35(36(17-28)53-2)55-37-22-44(42-39-37)20-26-5-12-31(13-6-26)47(51)52)18-33(40-45)27-7-14-32(15-8-27)54-23-29-21-43(41-38-29)19-25-3-10-30(11-4-25)46(49)50/h3-17,21-22,34H,18-20,23H2,1-2H3. The smallest absolute Gasteiger partial charge is 0.269 e. The third-order valence-corrected chi connectivity index (χ3v) is 8.68. The molecule has 0 bridgehead atoms. The van der Waals surface area contributed by atoms with Crippen molar-refractivity contribution in [1.29, 1.82) is 0 Å². The normalized spacial score (nSPS) is 13.7. The first-order chi connectivity index (χ1) is 26.6. The predicted molar refractivity (Wildman–Crippen MR) is 195 cm³/mol. The Balaban J connectivity index is 0.961. The molecule has 278 valence electrons. The van der Waals surface area contributed by atoms with Crippen LogP contribution in [0.15, 0.2) is 108 Å². The lowest BCUT2D eigenvalue weighted by Gasteiger charge is -2.21. The molecular formula is C37H32N10O8. The molecule has 1 amide bonds. The number of hydrogen-bond acceptors (Lipinski definition) is 13. The van der Waals surface area contributed by atoms with E-state index in [9.17, 15) is 25.0 Å². The van der Waals surface area contributed by atoms with Crippen LogP contribution < -0.4 is 14.2 Å². The molecule has 1 atom stereocenters. The molecule has 0 N–H and O–H groups in total. The van der Waals surface area contributed by atoms with E-state index in [4.69, 9.17) is 14.2 Å². The molecular weight excluding hydrogens is 712 g/mol. The van der Waals surface area contributed by atoms with Crippen molar-refractivity contribution in [3.05, 3.63) is 152 Å². The highest BCUT2D eigenvalue weighted by atomic mass is 16.6. The fourth-order valence-corrected chi connectivity index (χ4v) is 5.93. The summed E-state index contributed by atoms with van der Waals surface area (Å²) < 4.78 is 20.8. The minimum absolute atomic E-state index is 0.00595. The van der Waals surface area contributed by atoms with Gasteiger partial charge < -0.3 is 14.2 Å². The molecule has 2 aromatic heterocycles. The van der Waals surface area contributed by atoms with E-state index in [0.29, 0.717) is 42.5 Å². The number of nitro groups is 2. The average Bonchev–Trinajstić information content (AvgIpc) is 3.95. The van der Waals surface area contributed by atoms with Crippen LogP contribution in [0.1, 0.15) is 47.3 Å². The maximum atomic E-state index is 12.7. The van der Waals surface area contributed by atoms with Gasteiger partial charge in [0, 0.05) is 37.6 Å². The van der Waals surface area contributed by atoms with Gasteiger partial charge in [0.15, 0.2) is 11.5 Å². The van der Waals surface area contributed by atoms with Gasteiger partial charge in [0.2, 0.25) is 5.91 Å². The predicted octanol–water partition coefficient (Wildman–Crippen LogP) is 5.86. The number of non-ortho nitro benzene ring substituents is 2. The molecule has 6 aromatic rings. The number of benzene rings is 4. The van der Waals surface area contributed by atoms with Gasteiger partial charge in [-0.05, 0) is 58.7 Å². The summed E-state index contributed by atoms with van der Waals surface area (Å²) in [5, 5.41) is 44.4. The van der Waals surface area contributed by atoms with E-state index in [1.54, 1.807) is 58.2 Å². The van der Waals surface area contributed by atoms with Gasteiger partial charge in [-0.25, -0.2) is 14.4 Å². The van der Waals surface area contributed by atoms with Gasteiger partial charge in [0.25, 0.3) is 17.3 Å². The number of aromatic nitrogens is 6. The van der Waals surface area contributed by atoms with Crippen LogP contribution in [-0.4, -0.2) is 63.6 Å². The summed E-state index contributed by atoms with van der Waals surface area (Å²) in [4.78, 5) is 33.7. The molecule has 18 heteroatoms. The van der Waals surface area contributed by atoms with Gasteiger partial charge in [-0.2, -0.15) is 5.10 Å². The second-order valence-electron chi connectivity index (χ2n) is 12.5. The van der Waals surface area contributed by atoms with Crippen LogP contribution in [0, 0.1) is 20.2 Å². The zero-order valence-electron chi connectivity index (χ0n) is 29.5. The van der Waals surface area contributed by atoms with E-state index >= 15 is 0 Å². The van der Waals surface area contributed by atoms with E-state index in [2.05, 4.69) is 25.7 Å². The third kappa shape index (κ3) is 8.43. The molecule has 1 aliphatic heterocycles. The number of hydrogen-bond donors (Lipinski definition) is 0. The fourth-order valence-electron chi connectivity index (χ4n) is 5.93. The first-order valence-electron chi connectivity index (χ1n) is 16.8. The van der Waals surface area contributed by atoms with Crippen LogP contribution in [-0.2, 0) is 24.5 Å². The van der Waals surface area contributed by atoms with Crippen molar-refractivity contribution in [3.63, 3.8) is 0 Å². The van der Waals surface area contributed by atoms with Crippen molar-refractivity contribution in [2.45, 2.75) is 39.1 Å². The fraction of sp³-hybridized carbons (Fsp3) is 0.189. The molecule has 0 saturated carbocycles. The van der Waals surface area contributed by atoms with Crippen LogP contribution in [0.3, 0.4) is 0 Å². The highest BCUT2D eigenvalue weighted by molar-refractivity contribution is 6.03. The molecule has 1 unspecified atom stereocenters. The Morgan fingerprint density at radius 2 is 1.42 bits per heavy atom. The number of carbonyl (C=O) groups excluding carboxylic acids is 1. The highest BCUT2D eigenvalue weighted by Crippen LogP contribution is 2.39. The lowest BCUT2D eigenvalue weighted by molar-refractivity contribution is -0.385. The largest absolute Gasteiger partial charge is 0.493 e. The Hall–Kier alpha value is -7.50. The van der Waals surface area contributed by atoms with E-state index in [-0.39, 0.29) is 35.8 Å². The Labute approximate surface area is 312 Å². The molecule has 18 nitrogen and oxygen atoms in total. The highest BCUT2D eigenvalue weighted by Gasteiger charge is 2.32. The van der Waals surface area contributed by atoms with E-state index < -0.39 is 9.85 Å². The first-order valence-corrected chi connectivity index (χ1v) is 16.8. The molecule has 0 fully saturated rings. The number of ether oxygens (including phenoxy) is 3. The molecule has 0 aliphatic carbocycles. The van der Waals surface area contributed by atoms with Crippen molar-refractivity contribution in [3.8, 4) is 23.1 Å². The number of hydrazone groups is 1. The van der Waals surface area contributed by atoms with Crippen LogP contribution >= 0.6 is 0 Å². The van der Waals surface area contributed by atoms with Gasteiger partial charge in [-0.1, -0.05) is 45.9 Å². The van der Waals surface area contributed by atoms with E-state index in [1.165, 1.54) is 43.3 Å². The molecule has 0 radical (unpaired) electrons. The third-order valence-electron chi connectivity index (χ3n) is 8.68. The summed E-state index contributed by atoms with van der Waals surface area (Å²) in [7, 11) is 1.52. The second-order valence-corrected chi connectivity index (χ2v) is 12.5. The maximum Gasteiger partial charge on any atom is 0.269 e. The van der Waals surface area contributed by atoms with E-state index in [1.807, 2.05) is 30.3 Å². The quantitative estimate of drug-likeness (QED) is 0.0949. The number of nitrogens with zero attached hydrogens (tertiary/aromatic N) is 10. The number of amides is 1. The average molecular weight is 745 g/mol. The van der Waals surface area contributed by atoms with Crippen molar-refractivity contribution in [1.82, 2.24) is 35.0 Å². The lowest BCUT2D eigenvalue weighted by atomic mass is 9.98. The zero-order chi connectivity index (χ0) is 38.5. The summed E-state index contributed by atoms with van der Waals surface area (Å²) >= 11 is 0. The minimum atomic E-state index is -0.453. The van der Waals surface area contributed by atoms with Gasteiger partial charge in [0.05, 0.1) is 54.2 Å². The SMILES string of the molecule is COc1cc(C2CC(c3ccc(OCc4cn(Cc5ccc([N+](=O)[O-])cc5)nn4)cc3)=NN2C(C)=O)ccc1Oc1cn(Cc2ccc([N+](=O)[O-])cc2)nn1. The molecule has 7 rings (SSSR count). The number of nitro benzene ring substituents is 2. The first kappa shape index (κ1) is 35.9. The molecule has 3 heterocycles. The molecule has 0 spiro atoms. The summed E-state index contributed by atoms with van der Waals surface area (Å²) in [6, 6.07) is 24.8. The van der Waals surface area contributed by atoms with E-state index in [0.717, 1.165) is 28.0 Å². The summed E-state index contributed by atoms with van der Waals surface area (Å²) in [5.41, 5.74) is 4.65. The van der Waals surface area contributed by atoms with Gasteiger partial charge >= 0.3 is 0 Å². The molecule has 55 heavy (non-hydrogen) atoms. The Morgan fingerprint density at radius 3 is 2.02 bits per heavy atom. The van der Waals surface area contributed by atoms with Crippen molar-refractivity contribution < 1.29 is 28.9 Å². The summed E-state index contributed by atoms with van der Waals surface area (Å²) in [5.74, 6) is 1.43. The number of methoxy groups -OCH3 is 1. The van der Waals surface area contributed by atoms with Crippen LogP contribution in [0.25, 0.3) is 0 Å². The Bertz CT molecular complexity index is 2370.